The molecule has 1 aliphatic rings. The number of carbonyl (C=O) groups is 1. The summed E-state index contributed by atoms with van der Waals surface area (Å²) in [5, 5.41) is 12.8. The minimum absolute atomic E-state index is 0.0777. The topological polar surface area (TPSA) is 63.4 Å². The van der Waals surface area contributed by atoms with Crippen LogP contribution in [-0.2, 0) is 6.42 Å². The summed E-state index contributed by atoms with van der Waals surface area (Å²) in [5.41, 5.74) is 2.72. The van der Waals surface area contributed by atoms with Crippen LogP contribution >= 0.6 is 11.3 Å². The number of thiophene rings is 1. The third-order valence-electron chi connectivity index (χ3n) is 4.42. The van der Waals surface area contributed by atoms with Gasteiger partial charge in [-0.3, -0.25) is 14.9 Å². The molecule has 0 N–H and O–H groups in total. The van der Waals surface area contributed by atoms with Gasteiger partial charge in [-0.2, -0.15) is 0 Å². The molecule has 2 heterocycles. The lowest BCUT2D eigenvalue weighted by atomic mass is 10.1. The summed E-state index contributed by atoms with van der Waals surface area (Å²) in [6.45, 7) is 0.413. The van der Waals surface area contributed by atoms with E-state index in [-0.39, 0.29) is 11.6 Å². The number of non-ortho nitro benzene ring substituents is 1. The largest absolute Gasteiger partial charge is 0.307 e. The number of amides is 1. The van der Waals surface area contributed by atoms with Gasteiger partial charge in [-0.25, -0.2) is 4.39 Å². The maximum atomic E-state index is 13.9. The number of benzene rings is 2. The van der Waals surface area contributed by atoms with Crippen molar-refractivity contribution < 1.29 is 14.1 Å². The number of hydrogen-bond acceptors (Lipinski definition) is 4. The van der Waals surface area contributed by atoms with Crippen molar-refractivity contribution in [3.8, 4) is 10.4 Å². The summed E-state index contributed by atoms with van der Waals surface area (Å²) in [4.78, 5) is 25.9. The van der Waals surface area contributed by atoms with E-state index in [9.17, 15) is 19.3 Å². The van der Waals surface area contributed by atoms with E-state index < -0.39 is 10.7 Å². The zero-order valence-corrected chi connectivity index (χ0v) is 14.3. The highest BCUT2D eigenvalue weighted by Gasteiger charge is 2.26. The molecule has 7 heteroatoms. The molecule has 130 valence electrons. The van der Waals surface area contributed by atoms with Gasteiger partial charge >= 0.3 is 0 Å². The van der Waals surface area contributed by atoms with Gasteiger partial charge in [-0.15, -0.1) is 11.3 Å². The third kappa shape index (κ3) is 2.76. The lowest BCUT2D eigenvalue weighted by Crippen LogP contribution is -2.32. The molecule has 0 saturated heterocycles. The van der Waals surface area contributed by atoms with Gasteiger partial charge in [0.05, 0.1) is 10.6 Å². The van der Waals surface area contributed by atoms with Gasteiger partial charge in [0.2, 0.25) is 0 Å². The molecule has 0 spiro atoms. The molecule has 0 saturated carbocycles. The first-order chi connectivity index (χ1) is 12.5. The van der Waals surface area contributed by atoms with Gasteiger partial charge in [-0.05, 0) is 53.8 Å². The van der Waals surface area contributed by atoms with Crippen LogP contribution in [0.5, 0.6) is 0 Å². The van der Waals surface area contributed by atoms with Gasteiger partial charge in [-0.1, -0.05) is 0 Å². The Labute approximate surface area is 152 Å². The molecule has 0 bridgehead atoms. The molecule has 5 nitrogen and oxygen atoms in total. The quantitative estimate of drug-likeness (QED) is 0.488. The SMILES string of the molecule is O=C(c1ccc([N+](=O)[O-])cc1)N1CCc2ccsc2-c2ccc(F)cc21. The van der Waals surface area contributed by atoms with Crippen LogP contribution in [0.2, 0.25) is 0 Å². The molecule has 26 heavy (non-hydrogen) atoms. The molecule has 4 rings (SSSR count). The number of nitro benzene ring substituents is 1. The molecule has 0 unspecified atom stereocenters. The first-order valence-electron chi connectivity index (χ1n) is 7.97. The van der Waals surface area contributed by atoms with E-state index in [2.05, 4.69) is 0 Å². The average Bonchev–Trinajstić information content (AvgIpc) is 3.05. The van der Waals surface area contributed by atoms with Crippen LogP contribution in [0.15, 0.2) is 53.9 Å². The zero-order chi connectivity index (χ0) is 18.3. The molecular weight excluding hydrogens is 355 g/mol. The van der Waals surface area contributed by atoms with E-state index in [1.807, 2.05) is 11.4 Å². The Balaban J connectivity index is 1.77. The van der Waals surface area contributed by atoms with Crippen molar-refractivity contribution in [2.75, 3.05) is 11.4 Å². The highest BCUT2D eigenvalue weighted by molar-refractivity contribution is 7.13. The van der Waals surface area contributed by atoms with Crippen molar-refractivity contribution in [2.24, 2.45) is 0 Å². The molecule has 0 aliphatic carbocycles. The predicted octanol–water partition coefficient (Wildman–Crippen LogP) is 4.67. The smallest absolute Gasteiger partial charge is 0.269 e. The van der Waals surface area contributed by atoms with E-state index in [0.29, 0.717) is 24.2 Å². The zero-order valence-electron chi connectivity index (χ0n) is 13.5. The van der Waals surface area contributed by atoms with Crippen molar-refractivity contribution in [2.45, 2.75) is 6.42 Å². The normalized spacial score (nSPS) is 12.9. The lowest BCUT2D eigenvalue weighted by Gasteiger charge is -2.23. The van der Waals surface area contributed by atoms with Crippen molar-refractivity contribution in [1.29, 1.82) is 0 Å². The van der Waals surface area contributed by atoms with Crippen molar-refractivity contribution in [3.63, 3.8) is 0 Å². The van der Waals surface area contributed by atoms with Gasteiger partial charge in [0.15, 0.2) is 0 Å². The maximum absolute atomic E-state index is 13.9. The van der Waals surface area contributed by atoms with Crippen LogP contribution in [0.3, 0.4) is 0 Å². The summed E-state index contributed by atoms with van der Waals surface area (Å²) in [5.74, 6) is -0.716. The molecular formula is C19H13FN2O3S. The van der Waals surface area contributed by atoms with Crippen LogP contribution in [0, 0.1) is 15.9 Å². The number of fused-ring (bicyclic) bond motifs is 3. The third-order valence-corrected chi connectivity index (χ3v) is 5.41. The number of carbonyl (C=O) groups excluding carboxylic acids is 1. The van der Waals surface area contributed by atoms with Crippen LogP contribution in [0.4, 0.5) is 15.8 Å². The van der Waals surface area contributed by atoms with Gasteiger partial charge in [0, 0.05) is 34.7 Å². The average molecular weight is 368 g/mol. The molecule has 0 radical (unpaired) electrons. The summed E-state index contributed by atoms with van der Waals surface area (Å²) in [6.07, 6.45) is 0.661. The number of hydrogen-bond donors (Lipinski definition) is 0. The van der Waals surface area contributed by atoms with Gasteiger partial charge in [0.25, 0.3) is 11.6 Å². The van der Waals surface area contributed by atoms with Gasteiger partial charge in [0.1, 0.15) is 5.82 Å². The molecule has 0 atom stereocenters. The Morgan fingerprint density at radius 1 is 1.15 bits per heavy atom. The Morgan fingerprint density at radius 2 is 1.92 bits per heavy atom. The second-order valence-corrected chi connectivity index (χ2v) is 6.86. The monoisotopic (exact) mass is 368 g/mol. The summed E-state index contributed by atoms with van der Waals surface area (Å²) in [7, 11) is 0. The molecule has 1 aliphatic heterocycles. The van der Waals surface area contributed by atoms with E-state index in [1.54, 1.807) is 22.3 Å². The Bertz CT molecular complexity index is 1010. The standard InChI is InChI=1S/C19H13FN2O3S/c20-14-3-6-16-17(11-14)21(9-7-12-8-10-26-18(12)16)19(23)13-1-4-15(5-2-13)22(24)25/h1-6,8,10-11H,7,9H2. The van der Waals surface area contributed by atoms with Crippen LogP contribution in [-0.4, -0.2) is 17.4 Å². The molecule has 2 aromatic carbocycles. The fraction of sp³-hybridized carbons (Fsp3) is 0.105. The highest BCUT2D eigenvalue weighted by atomic mass is 32.1. The number of nitro groups is 1. The number of nitrogens with zero attached hydrogens (tertiary/aromatic N) is 2. The Kier molecular flexibility index (Phi) is 4.00. The lowest BCUT2D eigenvalue weighted by molar-refractivity contribution is -0.384. The maximum Gasteiger partial charge on any atom is 0.269 e. The fourth-order valence-electron chi connectivity index (χ4n) is 3.13. The van der Waals surface area contributed by atoms with Crippen LogP contribution in [0.1, 0.15) is 15.9 Å². The molecule has 3 aromatic rings. The highest BCUT2D eigenvalue weighted by Crippen LogP contribution is 2.40. The van der Waals surface area contributed by atoms with E-state index in [4.69, 9.17) is 0 Å². The van der Waals surface area contributed by atoms with Crippen molar-refractivity contribution in [1.82, 2.24) is 0 Å². The Hall–Kier alpha value is -3.06. The molecule has 0 fully saturated rings. The summed E-state index contributed by atoms with van der Waals surface area (Å²) in [6, 6.07) is 11.9. The molecule has 1 amide bonds. The van der Waals surface area contributed by atoms with Crippen molar-refractivity contribution >= 4 is 28.6 Å². The molecule has 1 aromatic heterocycles. The fourth-order valence-corrected chi connectivity index (χ4v) is 4.12. The number of anilines is 1. The van der Waals surface area contributed by atoms with E-state index in [1.165, 1.54) is 36.4 Å². The summed E-state index contributed by atoms with van der Waals surface area (Å²) < 4.78 is 13.9. The van der Waals surface area contributed by atoms with Crippen molar-refractivity contribution in [3.05, 3.63) is 81.0 Å². The number of rotatable bonds is 2. The van der Waals surface area contributed by atoms with Gasteiger partial charge < -0.3 is 4.90 Å². The van der Waals surface area contributed by atoms with E-state index in [0.717, 1.165) is 16.0 Å². The number of halogens is 1. The first kappa shape index (κ1) is 16.4. The second-order valence-electron chi connectivity index (χ2n) is 5.95. The minimum atomic E-state index is -0.511. The van der Waals surface area contributed by atoms with E-state index >= 15 is 0 Å². The van der Waals surface area contributed by atoms with Crippen LogP contribution in [0.25, 0.3) is 10.4 Å². The predicted molar refractivity (Wildman–Crippen MR) is 98.2 cm³/mol. The van der Waals surface area contributed by atoms with Crippen LogP contribution < -0.4 is 4.90 Å². The second kappa shape index (κ2) is 6.34. The Morgan fingerprint density at radius 3 is 2.65 bits per heavy atom. The minimum Gasteiger partial charge on any atom is -0.307 e. The summed E-state index contributed by atoms with van der Waals surface area (Å²) >= 11 is 1.57. The first-order valence-corrected chi connectivity index (χ1v) is 8.85.